The lowest BCUT2D eigenvalue weighted by atomic mass is 9.86. The van der Waals surface area contributed by atoms with Crippen LogP contribution >= 0.6 is 0 Å². The van der Waals surface area contributed by atoms with E-state index >= 15 is 0 Å². The summed E-state index contributed by atoms with van der Waals surface area (Å²) < 4.78 is 5.89. The van der Waals surface area contributed by atoms with Crippen LogP contribution in [0.15, 0.2) is 24.3 Å². The van der Waals surface area contributed by atoms with Gasteiger partial charge in [0.05, 0.1) is 6.61 Å². The molecule has 1 aromatic carbocycles. The van der Waals surface area contributed by atoms with E-state index in [-0.39, 0.29) is 5.41 Å². The third-order valence-electron chi connectivity index (χ3n) is 2.70. The lowest BCUT2D eigenvalue weighted by molar-refractivity contribution is 0.276. The minimum atomic E-state index is 0.137. The molecule has 0 unspecified atom stereocenters. The molecule has 0 N–H and O–H groups in total. The first-order valence-corrected chi connectivity index (χ1v) is 6.28. The largest absolute Gasteiger partial charge is 0.493 e. The predicted octanol–water partition coefficient (Wildman–Crippen LogP) is 3.31. The van der Waals surface area contributed by atoms with Crippen molar-refractivity contribution in [3.05, 3.63) is 29.8 Å². The molecule has 0 aliphatic carbocycles. The molecule has 0 amide bonds. The minimum Gasteiger partial charge on any atom is -0.493 e. The molecule has 2 heteroatoms. The van der Waals surface area contributed by atoms with Crippen molar-refractivity contribution in [2.24, 2.45) is 0 Å². The number of hydrogen-bond donors (Lipinski definition) is 0. The van der Waals surface area contributed by atoms with Crippen LogP contribution in [0.4, 0.5) is 0 Å². The van der Waals surface area contributed by atoms with E-state index in [1.165, 1.54) is 5.56 Å². The lowest BCUT2D eigenvalue weighted by Gasteiger charge is -2.22. The molecule has 0 aliphatic heterocycles. The number of ether oxygens (including phenoxy) is 1. The molecule has 0 saturated heterocycles. The highest BCUT2D eigenvalue weighted by atomic mass is 16.5. The Balaban J connectivity index is 2.59. The van der Waals surface area contributed by atoms with E-state index in [1.807, 2.05) is 6.07 Å². The van der Waals surface area contributed by atoms with Gasteiger partial charge in [0.2, 0.25) is 0 Å². The van der Waals surface area contributed by atoms with E-state index in [2.05, 4.69) is 58.0 Å². The van der Waals surface area contributed by atoms with Gasteiger partial charge in [-0.15, -0.1) is 0 Å². The van der Waals surface area contributed by atoms with Crippen molar-refractivity contribution in [3.8, 4) is 5.75 Å². The number of rotatable bonds is 5. The van der Waals surface area contributed by atoms with E-state index in [9.17, 15) is 0 Å². The smallest absolute Gasteiger partial charge is 0.123 e. The molecule has 0 aromatic heterocycles. The Morgan fingerprint density at radius 2 is 1.76 bits per heavy atom. The van der Waals surface area contributed by atoms with Gasteiger partial charge in [-0.1, -0.05) is 39.0 Å². The summed E-state index contributed by atoms with van der Waals surface area (Å²) in [6.07, 6.45) is 1.06. The van der Waals surface area contributed by atoms with Crippen molar-refractivity contribution in [2.45, 2.75) is 32.6 Å². The van der Waals surface area contributed by atoms with Gasteiger partial charge in [-0.25, -0.2) is 0 Å². The molecule has 1 rings (SSSR count). The van der Waals surface area contributed by atoms with E-state index in [0.717, 1.165) is 25.3 Å². The van der Waals surface area contributed by atoms with Crippen LogP contribution in [0.5, 0.6) is 5.75 Å². The van der Waals surface area contributed by atoms with Gasteiger partial charge in [0.1, 0.15) is 5.75 Å². The molecule has 96 valence electrons. The molecule has 2 nitrogen and oxygen atoms in total. The van der Waals surface area contributed by atoms with Crippen LogP contribution in [0.3, 0.4) is 0 Å². The SMILES string of the molecule is CN(C)CCCOc1ccccc1C(C)(C)C. The number of benzene rings is 1. The second-order valence-electron chi connectivity index (χ2n) is 5.75. The van der Waals surface area contributed by atoms with Crippen molar-refractivity contribution in [1.82, 2.24) is 4.90 Å². The Morgan fingerprint density at radius 1 is 1.12 bits per heavy atom. The van der Waals surface area contributed by atoms with Gasteiger partial charge >= 0.3 is 0 Å². The molecular weight excluding hydrogens is 210 g/mol. The lowest BCUT2D eigenvalue weighted by Crippen LogP contribution is -2.17. The van der Waals surface area contributed by atoms with Crippen LogP contribution in [0.2, 0.25) is 0 Å². The number of hydrogen-bond acceptors (Lipinski definition) is 2. The van der Waals surface area contributed by atoms with Crippen LogP contribution in [0.1, 0.15) is 32.8 Å². The Hall–Kier alpha value is -1.02. The van der Waals surface area contributed by atoms with Crippen LogP contribution in [-0.4, -0.2) is 32.1 Å². The third kappa shape index (κ3) is 4.78. The van der Waals surface area contributed by atoms with E-state index in [0.29, 0.717) is 0 Å². The molecule has 0 aliphatic rings. The first kappa shape index (κ1) is 14.0. The van der Waals surface area contributed by atoms with Crippen LogP contribution in [-0.2, 0) is 5.41 Å². The molecule has 0 bridgehead atoms. The van der Waals surface area contributed by atoms with Gasteiger partial charge in [0, 0.05) is 6.54 Å². The molecule has 17 heavy (non-hydrogen) atoms. The second-order valence-corrected chi connectivity index (χ2v) is 5.75. The van der Waals surface area contributed by atoms with Gasteiger partial charge in [0.25, 0.3) is 0 Å². The average Bonchev–Trinajstić information content (AvgIpc) is 2.23. The highest BCUT2D eigenvalue weighted by Gasteiger charge is 2.18. The normalized spacial score (nSPS) is 11.9. The summed E-state index contributed by atoms with van der Waals surface area (Å²) in [5.41, 5.74) is 1.42. The highest BCUT2D eigenvalue weighted by Crippen LogP contribution is 2.30. The Bertz CT molecular complexity index is 339. The molecule has 0 fully saturated rings. The van der Waals surface area contributed by atoms with Crippen LogP contribution in [0.25, 0.3) is 0 Å². The Labute approximate surface area is 106 Å². The zero-order chi connectivity index (χ0) is 12.9. The number of nitrogens with zero attached hydrogens (tertiary/aromatic N) is 1. The fraction of sp³-hybridized carbons (Fsp3) is 0.600. The predicted molar refractivity (Wildman–Crippen MR) is 73.8 cm³/mol. The quantitative estimate of drug-likeness (QED) is 0.726. The minimum absolute atomic E-state index is 0.137. The van der Waals surface area contributed by atoms with Gasteiger partial charge in [-0.05, 0) is 37.6 Å². The highest BCUT2D eigenvalue weighted by molar-refractivity contribution is 5.38. The monoisotopic (exact) mass is 235 g/mol. The summed E-state index contributed by atoms with van der Waals surface area (Å²) in [4.78, 5) is 2.18. The van der Waals surface area contributed by atoms with Crippen LogP contribution < -0.4 is 4.74 Å². The standard InChI is InChI=1S/C15H25NO/c1-15(2,3)13-9-6-7-10-14(13)17-12-8-11-16(4)5/h6-7,9-10H,8,11-12H2,1-5H3. The van der Waals surface area contributed by atoms with E-state index in [4.69, 9.17) is 4.74 Å². The summed E-state index contributed by atoms with van der Waals surface area (Å²) in [5, 5.41) is 0. The maximum Gasteiger partial charge on any atom is 0.123 e. The zero-order valence-corrected chi connectivity index (χ0v) is 11.8. The summed E-state index contributed by atoms with van der Waals surface area (Å²) >= 11 is 0. The number of para-hydroxylation sites is 1. The first-order valence-electron chi connectivity index (χ1n) is 6.28. The first-order chi connectivity index (χ1) is 7.91. The summed E-state index contributed by atoms with van der Waals surface area (Å²) in [6.45, 7) is 8.50. The molecular formula is C15H25NO. The molecule has 1 aromatic rings. The molecule has 0 saturated carbocycles. The van der Waals surface area contributed by atoms with Gasteiger partial charge < -0.3 is 9.64 Å². The van der Waals surface area contributed by atoms with Gasteiger partial charge in [0.15, 0.2) is 0 Å². The summed E-state index contributed by atoms with van der Waals surface area (Å²) in [5.74, 6) is 1.03. The average molecular weight is 235 g/mol. The van der Waals surface area contributed by atoms with Gasteiger partial charge in [-0.2, -0.15) is 0 Å². The van der Waals surface area contributed by atoms with Gasteiger partial charge in [-0.3, -0.25) is 0 Å². The van der Waals surface area contributed by atoms with Crippen molar-refractivity contribution in [3.63, 3.8) is 0 Å². The van der Waals surface area contributed by atoms with E-state index in [1.54, 1.807) is 0 Å². The van der Waals surface area contributed by atoms with Crippen molar-refractivity contribution in [1.29, 1.82) is 0 Å². The topological polar surface area (TPSA) is 12.5 Å². The summed E-state index contributed by atoms with van der Waals surface area (Å²) in [7, 11) is 4.17. The molecule has 0 heterocycles. The molecule has 0 radical (unpaired) electrons. The fourth-order valence-corrected chi connectivity index (χ4v) is 1.78. The second kappa shape index (κ2) is 6.06. The zero-order valence-electron chi connectivity index (χ0n) is 11.8. The van der Waals surface area contributed by atoms with Crippen molar-refractivity contribution in [2.75, 3.05) is 27.2 Å². The Kier molecular flexibility index (Phi) is 5.01. The molecule has 0 spiro atoms. The van der Waals surface area contributed by atoms with Crippen molar-refractivity contribution < 1.29 is 4.74 Å². The van der Waals surface area contributed by atoms with Crippen LogP contribution in [0, 0.1) is 0 Å². The van der Waals surface area contributed by atoms with Crippen molar-refractivity contribution >= 4 is 0 Å². The summed E-state index contributed by atoms with van der Waals surface area (Å²) in [6, 6.07) is 8.33. The third-order valence-corrected chi connectivity index (χ3v) is 2.70. The van der Waals surface area contributed by atoms with E-state index < -0.39 is 0 Å². The maximum atomic E-state index is 5.89. The Morgan fingerprint density at radius 3 is 2.35 bits per heavy atom. The maximum absolute atomic E-state index is 5.89. The fourth-order valence-electron chi connectivity index (χ4n) is 1.78. The molecule has 0 atom stereocenters.